The first-order valence-electron chi connectivity index (χ1n) is 5.82. The van der Waals surface area contributed by atoms with Gasteiger partial charge in [-0.25, -0.2) is 0 Å². The van der Waals surface area contributed by atoms with Crippen molar-refractivity contribution in [2.75, 3.05) is 11.9 Å². The van der Waals surface area contributed by atoms with Gasteiger partial charge in [-0.05, 0) is 43.5 Å². The summed E-state index contributed by atoms with van der Waals surface area (Å²) in [5, 5.41) is 0. The molecule has 0 radical (unpaired) electrons. The number of carbonyl (C=O) groups excluding carboxylic acids is 1. The maximum absolute atomic E-state index is 12.1. The minimum atomic E-state index is -2.83. The molecule has 0 heterocycles. The molecule has 1 aliphatic carbocycles. The van der Waals surface area contributed by atoms with Gasteiger partial charge in [0, 0.05) is 18.7 Å². The van der Waals surface area contributed by atoms with Gasteiger partial charge in [0.1, 0.15) is 5.75 Å². The third-order valence-electron chi connectivity index (χ3n) is 3.02. The number of hydrogen-bond acceptors (Lipinski definition) is 2. The van der Waals surface area contributed by atoms with E-state index in [1.54, 1.807) is 31.0 Å². The lowest BCUT2D eigenvalue weighted by atomic mass is 10.2. The van der Waals surface area contributed by atoms with Crippen LogP contribution in [0.2, 0.25) is 0 Å². The van der Waals surface area contributed by atoms with E-state index in [9.17, 15) is 13.6 Å². The Balaban J connectivity index is 2.14. The Labute approximate surface area is 104 Å². The molecule has 1 aromatic carbocycles. The third kappa shape index (κ3) is 2.78. The zero-order valence-electron chi connectivity index (χ0n) is 10.3. The molecule has 0 N–H and O–H groups in total. The second-order valence-corrected chi connectivity index (χ2v) is 4.50. The third-order valence-corrected chi connectivity index (χ3v) is 3.02. The number of carbonyl (C=O) groups is 1. The summed E-state index contributed by atoms with van der Waals surface area (Å²) in [4.78, 5) is 13.4. The molecule has 0 saturated heterocycles. The minimum absolute atomic E-state index is 0.0805. The van der Waals surface area contributed by atoms with Crippen molar-refractivity contribution in [3.05, 3.63) is 23.8 Å². The molecule has 0 unspecified atom stereocenters. The highest BCUT2D eigenvalue weighted by molar-refractivity contribution is 5.96. The Morgan fingerprint density at radius 3 is 2.61 bits per heavy atom. The zero-order chi connectivity index (χ0) is 13.3. The van der Waals surface area contributed by atoms with E-state index in [4.69, 9.17) is 0 Å². The standard InChI is InChI=1S/C13H15F2NO2/c1-8-7-10(5-6-11(8)18-13(14)15)16(2)12(17)9-3-4-9/h5-7,9,13H,3-4H2,1-2H3. The zero-order valence-corrected chi connectivity index (χ0v) is 10.3. The molecule has 1 aromatic rings. The van der Waals surface area contributed by atoms with E-state index in [1.165, 1.54) is 6.07 Å². The van der Waals surface area contributed by atoms with Gasteiger partial charge in [0.15, 0.2) is 0 Å². The van der Waals surface area contributed by atoms with E-state index in [-0.39, 0.29) is 17.6 Å². The van der Waals surface area contributed by atoms with Gasteiger partial charge in [0.25, 0.3) is 0 Å². The maximum Gasteiger partial charge on any atom is 0.387 e. The fourth-order valence-corrected chi connectivity index (χ4v) is 1.80. The van der Waals surface area contributed by atoms with Crippen LogP contribution in [0.25, 0.3) is 0 Å². The molecule has 1 fully saturated rings. The van der Waals surface area contributed by atoms with Gasteiger partial charge < -0.3 is 9.64 Å². The van der Waals surface area contributed by atoms with Crippen molar-refractivity contribution in [1.29, 1.82) is 0 Å². The van der Waals surface area contributed by atoms with Crippen LogP contribution in [0.3, 0.4) is 0 Å². The van der Waals surface area contributed by atoms with E-state index < -0.39 is 6.61 Å². The Morgan fingerprint density at radius 2 is 2.11 bits per heavy atom. The average Bonchev–Trinajstić information content (AvgIpc) is 3.13. The predicted molar refractivity (Wildman–Crippen MR) is 63.9 cm³/mol. The minimum Gasteiger partial charge on any atom is -0.435 e. The summed E-state index contributed by atoms with van der Waals surface area (Å²) in [7, 11) is 1.70. The molecule has 0 bridgehead atoms. The summed E-state index contributed by atoms with van der Waals surface area (Å²) in [5.74, 6) is 0.352. The summed E-state index contributed by atoms with van der Waals surface area (Å²) in [6.45, 7) is -1.16. The van der Waals surface area contributed by atoms with Crippen LogP contribution in [0.5, 0.6) is 5.75 Å². The second kappa shape index (κ2) is 4.92. The molecule has 1 amide bonds. The number of nitrogens with zero attached hydrogens (tertiary/aromatic N) is 1. The van der Waals surface area contributed by atoms with Gasteiger partial charge in [-0.3, -0.25) is 4.79 Å². The number of aryl methyl sites for hydroxylation is 1. The van der Waals surface area contributed by atoms with Crippen molar-refractivity contribution < 1.29 is 18.3 Å². The number of amides is 1. The van der Waals surface area contributed by atoms with E-state index in [1.807, 2.05) is 0 Å². The lowest BCUT2D eigenvalue weighted by Crippen LogP contribution is -2.27. The molecule has 0 aromatic heterocycles. The van der Waals surface area contributed by atoms with Crippen molar-refractivity contribution in [2.24, 2.45) is 5.92 Å². The smallest absolute Gasteiger partial charge is 0.387 e. The second-order valence-electron chi connectivity index (χ2n) is 4.50. The Hall–Kier alpha value is -1.65. The van der Waals surface area contributed by atoms with Crippen molar-refractivity contribution in [3.8, 4) is 5.75 Å². The number of halogens is 2. The molecular formula is C13H15F2NO2. The fraction of sp³-hybridized carbons (Fsp3) is 0.462. The van der Waals surface area contributed by atoms with Crippen LogP contribution in [0.15, 0.2) is 18.2 Å². The Bertz CT molecular complexity index is 458. The topological polar surface area (TPSA) is 29.5 Å². The summed E-state index contributed by atoms with van der Waals surface area (Å²) in [5.41, 5.74) is 1.29. The molecule has 98 valence electrons. The van der Waals surface area contributed by atoms with Crippen LogP contribution in [-0.4, -0.2) is 19.6 Å². The largest absolute Gasteiger partial charge is 0.435 e. The molecule has 2 rings (SSSR count). The molecule has 1 aliphatic rings. The maximum atomic E-state index is 12.1. The van der Waals surface area contributed by atoms with E-state index in [0.29, 0.717) is 11.3 Å². The van der Waals surface area contributed by atoms with Crippen LogP contribution in [-0.2, 0) is 4.79 Å². The summed E-state index contributed by atoms with van der Waals surface area (Å²) < 4.78 is 28.6. The lowest BCUT2D eigenvalue weighted by Gasteiger charge is -2.18. The number of benzene rings is 1. The Kier molecular flexibility index (Phi) is 3.50. The molecule has 0 atom stereocenters. The first-order valence-corrected chi connectivity index (χ1v) is 5.82. The molecule has 5 heteroatoms. The van der Waals surface area contributed by atoms with Crippen LogP contribution < -0.4 is 9.64 Å². The number of anilines is 1. The van der Waals surface area contributed by atoms with Crippen LogP contribution >= 0.6 is 0 Å². The highest BCUT2D eigenvalue weighted by atomic mass is 19.3. The number of alkyl halides is 2. The fourth-order valence-electron chi connectivity index (χ4n) is 1.80. The summed E-state index contributed by atoms with van der Waals surface area (Å²) >= 11 is 0. The van der Waals surface area contributed by atoms with Crippen LogP contribution in [0.1, 0.15) is 18.4 Å². The lowest BCUT2D eigenvalue weighted by molar-refractivity contribution is -0.119. The van der Waals surface area contributed by atoms with Gasteiger partial charge in [-0.15, -0.1) is 0 Å². The number of ether oxygens (including phenoxy) is 1. The van der Waals surface area contributed by atoms with Gasteiger partial charge in [0.05, 0.1) is 0 Å². The molecule has 1 saturated carbocycles. The Morgan fingerprint density at radius 1 is 1.44 bits per heavy atom. The van der Waals surface area contributed by atoms with Crippen molar-refractivity contribution in [1.82, 2.24) is 0 Å². The van der Waals surface area contributed by atoms with Gasteiger partial charge in [-0.1, -0.05) is 0 Å². The monoisotopic (exact) mass is 255 g/mol. The number of hydrogen-bond donors (Lipinski definition) is 0. The number of rotatable bonds is 4. The van der Waals surface area contributed by atoms with E-state index in [0.717, 1.165) is 12.8 Å². The van der Waals surface area contributed by atoms with Crippen LogP contribution in [0, 0.1) is 12.8 Å². The molecule has 3 nitrogen and oxygen atoms in total. The quantitative estimate of drug-likeness (QED) is 0.827. The van der Waals surface area contributed by atoms with Crippen LogP contribution in [0.4, 0.5) is 14.5 Å². The first-order chi connectivity index (χ1) is 8.49. The van der Waals surface area contributed by atoms with Crippen molar-refractivity contribution >= 4 is 11.6 Å². The van der Waals surface area contributed by atoms with Crippen molar-refractivity contribution in [2.45, 2.75) is 26.4 Å². The molecule has 0 spiro atoms. The average molecular weight is 255 g/mol. The highest BCUT2D eigenvalue weighted by Crippen LogP contribution is 2.33. The molecule has 18 heavy (non-hydrogen) atoms. The van der Waals surface area contributed by atoms with Gasteiger partial charge >= 0.3 is 6.61 Å². The molecule has 0 aliphatic heterocycles. The molecular weight excluding hydrogens is 240 g/mol. The van der Waals surface area contributed by atoms with E-state index in [2.05, 4.69) is 4.74 Å². The summed E-state index contributed by atoms with van der Waals surface area (Å²) in [6, 6.07) is 4.76. The van der Waals surface area contributed by atoms with Crippen molar-refractivity contribution in [3.63, 3.8) is 0 Å². The predicted octanol–water partition coefficient (Wildman–Crippen LogP) is 2.97. The highest BCUT2D eigenvalue weighted by Gasteiger charge is 2.32. The normalized spacial score (nSPS) is 14.7. The first kappa shape index (κ1) is 12.8. The van der Waals surface area contributed by atoms with Gasteiger partial charge in [-0.2, -0.15) is 8.78 Å². The summed E-state index contributed by atoms with van der Waals surface area (Å²) in [6.07, 6.45) is 1.88. The SMILES string of the molecule is Cc1cc(N(C)C(=O)C2CC2)ccc1OC(F)F. The van der Waals surface area contributed by atoms with Gasteiger partial charge in [0.2, 0.25) is 5.91 Å². The van der Waals surface area contributed by atoms with E-state index >= 15 is 0 Å².